The van der Waals surface area contributed by atoms with Crippen molar-refractivity contribution >= 4 is 5.97 Å². The van der Waals surface area contributed by atoms with Crippen LogP contribution in [-0.4, -0.2) is 33.5 Å². The van der Waals surface area contributed by atoms with Gasteiger partial charge in [-0.2, -0.15) is 0 Å². The highest BCUT2D eigenvalue weighted by Crippen LogP contribution is 2.50. The minimum atomic E-state index is -0.726. The monoisotopic (exact) mass is 376 g/mol. The zero-order valence-electron chi connectivity index (χ0n) is 16.6. The molecule has 0 aromatic carbocycles. The van der Waals surface area contributed by atoms with Crippen LogP contribution in [0.1, 0.15) is 71.1 Å². The molecule has 3 aliphatic carbocycles. The lowest BCUT2D eigenvalue weighted by atomic mass is 9.89. The zero-order chi connectivity index (χ0) is 19.4. The Morgan fingerprint density at radius 1 is 1.26 bits per heavy atom. The molecule has 4 nitrogen and oxygen atoms in total. The van der Waals surface area contributed by atoms with E-state index in [4.69, 9.17) is 5.11 Å². The van der Waals surface area contributed by atoms with E-state index in [1.165, 1.54) is 18.4 Å². The molecule has 0 aromatic rings. The van der Waals surface area contributed by atoms with Crippen LogP contribution >= 0.6 is 0 Å². The van der Waals surface area contributed by atoms with Crippen LogP contribution in [0, 0.1) is 29.6 Å². The Kier molecular flexibility index (Phi) is 7.16. The van der Waals surface area contributed by atoms with Gasteiger partial charge in [-0.25, -0.2) is 0 Å². The molecule has 0 aromatic heterocycles. The molecule has 3 saturated carbocycles. The van der Waals surface area contributed by atoms with Crippen molar-refractivity contribution in [3.05, 3.63) is 23.8 Å². The predicted octanol–water partition coefficient (Wildman–Crippen LogP) is 4.32. The molecule has 0 spiro atoms. The van der Waals surface area contributed by atoms with Crippen LogP contribution in [0.4, 0.5) is 0 Å². The highest BCUT2D eigenvalue weighted by molar-refractivity contribution is 5.66. The van der Waals surface area contributed by atoms with E-state index in [2.05, 4.69) is 19.1 Å². The second-order valence-electron chi connectivity index (χ2n) is 9.08. The molecular weight excluding hydrogens is 340 g/mol. The van der Waals surface area contributed by atoms with Crippen molar-refractivity contribution in [1.29, 1.82) is 0 Å². The third-order valence-electron chi connectivity index (χ3n) is 7.31. The van der Waals surface area contributed by atoms with E-state index in [1.54, 1.807) is 0 Å². The molecule has 0 heterocycles. The molecule has 3 aliphatic rings. The number of carbonyl (C=O) groups is 1. The van der Waals surface area contributed by atoms with Crippen molar-refractivity contribution in [2.24, 2.45) is 29.6 Å². The quantitative estimate of drug-likeness (QED) is 0.435. The summed E-state index contributed by atoms with van der Waals surface area (Å²) in [6.07, 6.45) is 15.0. The molecule has 7 atom stereocenters. The van der Waals surface area contributed by atoms with Gasteiger partial charge in [0.15, 0.2) is 0 Å². The first-order chi connectivity index (χ1) is 13.0. The van der Waals surface area contributed by atoms with Gasteiger partial charge in [-0.05, 0) is 68.6 Å². The van der Waals surface area contributed by atoms with Crippen LogP contribution in [0.5, 0.6) is 0 Å². The van der Waals surface area contributed by atoms with Gasteiger partial charge in [0.2, 0.25) is 0 Å². The molecule has 0 bridgehead atoms. The summed E-state index contributed by atoms with van der Waals surface area (Å²) in [6, 6.07) is 0. The molecule has 4 heteroatoms. The lowest BCUT2D eigenvalue weighted by molar-refractivity contribution is -0.137. The highest BCUT2D eigenvalue weighted by atomic mass is 16.4. The van der Waals surface area contributed by atoms with Gasteiger partial charge in [0.25, 0.3) is 0 Å². The number of aliphatic carboxylic acids is 1. The third kappa shape index (κ3) is 5.23. The smallest absolute Gasteiger partial charge is 0.303 e. The van der Waals surface area contributed by atoms with Crippen molar-refractivity contribution in [3.63, 3.8) is 0 Å². The van der Waals surface area contributed by atoms with E-state index in [9.17, 15) is 15.0 Å². The number of hydrogen-bond acceptors (Lipinski definition) is 3. The van der Waals surface area contributed by atoms with E-state index in [1.807, 2.05) is 6.08 Å². The summed E-state index contributed by atoms with van der Waals surface area (Å²) in [5.74, 6) is 1.58. The standard InChI is InChI=1S/C23H36O4/c1-2-15-7-8-17(11-15)21(24)10-9-19-20-13-16(5-3-4-6-23(26)27)12-18(20)14-22(19)25/h5,9-10,15,17-22,24-25H,2-4,6-8,11-14H2,1H3,(H,26,27)/t15?,17?,18-,19-,20+,21+,22-/m1/s1. The molecule has 3 N–H and O–H groups in total. The molecule has 0 saturated heterocycles. The zero-order valence-corrected chi connectivity index (χ0v) is 16.6. The molecule has 2 unspecified atom stereocenters. The molecule has 152 valence electrons. The highest BCUT2D eigenvalue weighted by Gasteiger charge is 2.45. The SMILES string of the molecule is CCC1CCC([C@@H](O)C=C[C@@H]2[C@H]3CC(=CCCCC(=O)O)C[C@@H]3C[C@H]2O)C1. The topological polar surface area (TPSA) is 77.8 Å². The Morgan fingerprint density at radius 2 is 2.07 bits per heavy atom. The van der Waals surface area contributed by atoms with Gasteiger partial charge in [0.1, 0.15) is 0 Å². The first-order valence-electron chi connectivity index (χ1n) is 10.9. The molecule has 27 heavy (non-hydrogen) atoms. The van der Waals surface area contributed by atoms with Crippen LogP contribution in [0.15, 0.2) is 23.8 Å². The fraction of sp³-hybridized carbons (Fsp3) is 0.783. The van der Waals surface area contributed by atoms with Gasteiger partial charge in [-0.15, -0.1) is 0 Å². The molecule has 0 aliphatic heterocycles. The Balaban J connectivity index is 1.52. The maximum absolute atomic E-state index is 10.6. The van der Waals surface area contributed by atoms with Gasteiger partial charge in [0, 0.05) is 12.3 Å². The lowest BCUT2D eigenvalue weighted by Crippen LogP contribution is -2.19. The van der Waals surface area contributed by atoms with Crippen LogP contribution in [0.2, 0.25) is 0 Å². The fourth-order valence-corrected chi connectivity index (χ4v) is 5.69. The Bertz CT molecular complexity index is 567. The van der Waals surface area contributed by atoms with Gasteiger partial charge >= 0.3 is 5.97 Å². The van der Waals surface area contributed by atoms with Crippen molar-refractivity contribution in [2.75, 3.05) is 0 Å². The Morgan fingerprint density at radius 3 is 2.78 bits per heavy atom. The fourth-order valence-electron chi connectivity index (χ4n) is 5.69. The number of aliphatic hydroxyl groups excluding tert-OH is 2. The molecular formula is C23H36O4. The van der Waals surface area contributed by atoms with Gasteiger partial charge in [-0.3, -0.25) is 4.79 Å². The second kappa shape index (κ2) is 9.38. The number of rotatable bonds is 8. The van der Waals surface area contributed by atoms with E-state index in [0.717, 1.165) is 44.4 Å². The maximum Gasteiger partial charge on any atom is 0.303 e. The number of unbranched alkanes of at least 4 members (excludes halogenated alkanes) is 1. The number of carboxylic acids is 1. The van der Waals surface area contributed by atoms with Crippen molar-refractivity contribution in [3.8, 4) is 0 Å². The minimum absolute atomic E-state index is 0.151. The van der Waals surface area contributed by atoms with E-state index < -0.39 is 5.97 Å². The van der Waals surface area contributed by atoms with Crippen LogP contribution in [0.3, 0.4) is 0 Å². The average Bonchev–Trinajstić information content (AvgIpc) is 3.31. The lowest BCUT2D eigenvalue weighted by Gasteiger charge is -2.19. The summed E-state index contributed by atoms with van der Waals surface area (Å²) in [7, 11) is 0. The predicted molar refractivity (Wildman–Crippen MR) is 106 cm³/mol. The van der Waals surface area contributed by atoms with Gasteiger partial charge in [0.05, 0.1) is 12.2 Å². The molecule has 0 amide bonds. The summed E-state index contributed by atoms with van der Waals surface area (Å²) in [5, 5.41) is 29.8. The minimum Gasteiger partial charge on any atom is -0.481 e. The summed E-state index contributed by atoms with van der Waals surface area (Å²) in [4.78, 5) is 10.6. The summed E-state index contributed by atoms with van der Waals surface area (Å²) >= 11 is 0. The summed E-state index contributed by atoms with van der Waals surface area (Å²) in [5.41, 5.74) is 1.43. The van der Waals surface area contributed by atoms with E-state index >= 15 is 0 Å². The average molecular weight is 377 g/mol. The number of hydrogen-bond donors (Lipinski definition) is 3. The number of aliphatic hydroxyl groups is 2. The largest absolute Gasteiger partial charge is 0.481 e. The van der Waals surface area contributed by atoms with Crippen LogP contribution in [-0.2, 0) is 4.79 Å². The van der Waals surface area contributed by atoms with Gasteiger partial charge < -0.3 is 15.3 Å². The first kappa shape index (κ1) is 20.6. The normalized spacial score (nSPS) is 38.7. The van der Waals surface area contributed by atoms with Crippen LogP contribution in [0.25, 0.3) is 0 Å². The summed E-state index contributed by atoms with van der Waals surface area (Å²) < 4.78 is 0. The second-order valence-corrected chi connectivity index (χ2v) is 9.08. The van der Waals surface area contributed by atoms with Crippen molar-refractivity contribution in [1.82, 2.24) is 0 Å². The molecule has 3 fully saturated rings. The summed E-state index contributed by atoms with van der Waals surface area (Å²) in [6.45, 7) is 2.23. The van der Waals surface area contributed by atoms with Crippen molar-refractivity contribution < 1.29 is 20.1 Å². The maximum atomic E-state index is 10.6. The number of fused-ring (bicyclic) bond motifs is 1. The Hall–Kier alpha value is -1.13. The third-order valence-corrected chi connectivity index (χ3v) is 7.31. The first-order valence-corrected chi connectivity index (χ1v) is 10.9. The Labute approximate surface area is 163 Å². The van der Waals surface area contributed by atoms with Crippen LogP contribution < -0.4 is 0 Å². The molecule has 0 radical (unpaired) electrons. The number of allylic oxidation sites excluding steroid dienone is 2. The molecule has 3 rings (SSSR count). The van der Waals surface area contributed by atoms with E-state index in [0.29, 0.717) is 24.2 Å². The van der Waals surface area contributed by atoms with Crippen molar-refractivity contribution in [2.45, 2.75) is 83.3 Å². The van der Waals surface area contributed by atoms with E-state index in [-0.39, 0.29) is 24.5 Å². The van der Waals surface area contributed by atoms with Gasteiger partial charge in [-0.1, -0.05) is 43.6 Å². The number of carboxylic acid groups (broad SMARTS) is 1.